The first-order valence-corrected chi connectivity index (χ1v) is 7.96. The van der Waals surface area contributed by atoms with E-state index in [-0.39, 0.29) is 11.5 Å². The molecule has 0 radical (unpaired) electrons. The number of hydrogen-bond acceptors (Lipinski definition) is 3. The molecule has 1 N–H and O–H groups in total. The lowest BCUT2D eigenvalue weighted by molar-refractivity contribution is -0.112. The first kappa shape index (κ1) is 16.4. The Morgan fingerprint density at radius 1 is 1.27 bits per heavy atom. The minimum atomic E-state index is -0.132. The normalized spacial score (nSPS) is 11.5. The van der Waals surface area contributed by atoms with E-state index in [2.05, 4.69) is 20.9 Å². The monoisotopic (exact) mass is 359 g/mol. The van der Waals surface area contributed by atoms with Crippen molar-refractivity contribution >= 4 is 21.7 Å². The smallest absolute Gasteiger partial charge is 0.155 e. The van der Waals surface area contributed by atoms with Gasteiger partial charge in [-0.05, 0) is 44.0 Å². The Morgan fingerprint density at radius 2 is 2.05 bits per heavy atom. The van der Waals surface area contributed by atoms with E-state index in [1.807, 2.05) is 42.5 Å². The van der Waals surface area contributed by atoms with E-state index in [1.165, 1.54) is 13.0 Å². The summed E-state index contributed by atoms with van der Waals surface area (Å²) >= 11 is 3.47. The molecule has 0 amide bonds. The van der Waals surface area contributed by atoms with E-state index in [0.717, 1.165) is 34.3 Å². The van der Waals surface area contributed by atoms with E-state index in [1.54, 1.807) is 0 Å². The van der Waals surface area contributed by atoms with Gasteiger partial charge < -0.3 is 5.11 Å². The molecule has 1 aromatic carbocycles. The van der Waals surface area contributed by atoms with Gasteiger partial charge in [-0.1, -0.05) is 34.1 Å². The first-order valence-electron chi connectivity index (χ1n) is 7.16. The number of hydrogen-bond donors (Lipinski definition) is 1. The molecule has 0 fully saturated rings. The Bertz CT molecular complexity index is 695. The molecule has 0 saturated heterocycles. The van der Waals surface area contributed by atoms with Crippen molar-refractivity contribution in [1.82, 2.24) is 4.98 Å². The molecule has 0 spiro atoms. The predicted octanol–water partition coefficient (Wildman–Crippen LogP) is 4.86. The van der Waals surface area contributed by atoms with Gasteiger partial charge in [-0.25, -0.2) is 0 Å². The van der Waals surface area contributed by atoms with Crippen LogP contribution in [-0.4, -0.2) is 15.9 Å². The molecule has 22 heavy (non-hydrogen) atoms. The molecule has 0 aliphatic heterocycles. The lowest BCUT2D eigenvalue weighted by Crippen LogP contribution is -1.95. The van der Waals surface area contributed by atoms with E-state index < -0.39 is 0 Å². The maximum absolute atomic E-state index is 10.9. The minimum absolute atomic E-state index is 0.132. The molecule has 3 nitrogen and oxygen atoms in total. The molecule has 0 aliphatic rings. The van der Waals surface area contributed by atoms with Gasteiger partial charge in [0.15, 0.2) is 5.78 Å². The van der Waals surface area contributed by atoms with Crippen molar-refractivity contribution in [1.29, 1.82) is 0 Å². The number of aliphatic hydroxyl groups excluding tert-OH is 1. The zero-order valence-electron chi connectivity index (χ0n) is 12.4. The molecule has 1 aromatic heterocycles. The topological polar surface area (TPSA) is 50.2 Å². The number of aromatic nitrogens is 1. The fraction of sp³-hybridized carbons (Fsp3) is 0.222. The van der Waals surface area contributed by atoms with Crippen LogP contribution in [0.5, 0.6) is 0 Å². The standard InChI is InChI=1S/C18H18BrNO2/c1-13(21)11-17(22)9-3-7-16-8-4-10-18(20-16)14-5-2-6-15(19)12-14/h2,4-6,8,10-12,22H,3,7,9H2,1H3. The van der Waals surface area contributed by atoms with Crippen LogP contribution >= 0.6 is 15.9 Å². The molecule has 0 bridgehead atoms. The number of allylic oxidation sites excluding steroid dienone is 2. The summed E-state index contributed by atoms with van der Waals surface area (Å²) in [5.74, 6) is 0.00271. The molecule has 0 unspecified atom stereocenters. The molecular weight excluding hydrogens is 342 g/mol. The minimum Gasteiger partial charge on any atom is -0.512 e. The van der Waals surface area contributed by atoms with Gasteiger partial charge in [-0.2, -0.15) is 0 Å². The van der Waals surface area contributed by atoms with Gasteiger partial charge in [-0.15, -0.1) is 0 Å². The fourth-order valence-corrected chi connectivity index (χ4v) is 2.58. The van der Waals surface area contributed by atoms with Crippen LogP contribution in [0.25, 0.3) is 11.3 Å². The molecular formula is C18H18BrNO2. The maximum atomic E-state index is 10.9. The summed E-state index contributed by atoms with van der Waals surface area (Å²) in [6.07, 6.45) is 3.27. The zero-order chi connectivity index (χ0) is 15.9. The average Bonchev–Trinajstić information content (AvgIpc) is 2.47. The molecule has 2 rings (SSSR count). The van der Waals surface area contributed by atoms with Crippen molar-refractivity contribution in [2.24, 2.45) is 0 Å². The predicted molar refractivity (Wildman–Crippen MR) is 91.7 cm³/mol. The van der Waals surface area contributed by atoms with Gasteiger partial charge in [0.25, 0.3) is 0 Å². The fourth-order valence-electron chi connectivity index (χ4n) is 2.18. The summed E-state index contributed by atoms with van der Waals surface area (Å²) in [7, 11) is 0. The second-order valence-electron chi connectivity index (χ2n) is 5.12. The van der Waals surface area contributed by atoms with Gasteiger partial charge in [-0.3, -0.25) is 9.78 Å². The number of benzene rings is 1. The van der Waals surface area contributed by atoms with Gasteiger partial charge in [0.2, 0.25) is 0 Å². The molecule has 1 heterocycles. The van der Waals surface area contributed by atoms with Crippen molar-refractivity contribution in [3.8, 4) is 11.3 Å². The second-order valence-corrected chi connectivity index (χ2v) is 6.04. The van der Waals surface area contributed by atoms with Crippen LogP contribution < -0.4 is 0 Å². The summed E-state index contributed by atoms with van der Waals surface area (Å²) in [5, 5.41) is 9.58. The van der Waals surface area contributed by atoms with Crippen LogP contribution in [0.4, 0.5) is 0 Å². The van der Waals surface area contributed by atoms with Crippen molar-refractivity contribution < 1.29 is 9.90 Å². The number of nitrogens with zero attached hydrogens (tertiary/aromatic N) is 1. The van der Waals surface area contributed by atoms with Crippen LogP contribution in [0.15, 0.2) is 58.8 Å². The average molecular weight is 360 g/mol. The molecule has 2 aromatic rings. The molecule has 0 atom stereocenters. The number of carbonyl (C=O) groups is 1. The number of halogens is 1. The van der Waals surface area contributed by atoms with Crippen molar-refractivity contribution in [3.63, 3.8) is 0 Å². The zero-order valence-corrected chi connectivity index (χ0v) is 14.0. The summed E-state index contributed by atoms with van der Waals surface area (Å²) in [6, 6.07) is 14.0. The van der Waals surface area contributed by atoms with E-state index in [9.17, 15) is 9.90 Å². The Kier molecular flexibility index (Phi) is 5.90. The third kappa shape index (κ3) is 5.11. The maximum Gasteiger partial charge on any atom is 0.155 e. The van der Waals surface area contributed by atoms with Crippen molar-refractivity contribution in [3.05, 3.63) is 64.5 Å². The molecule has 0 aliphatic carbocycles. The summed E-state index contributed by atoms with van der Waals surface area (Å²) in [4.78, 5) is 15.5. The summed E-state index contributed by atoms with van der Waals surface area (Å²) in [5.41, 5.74) is 2.98. The first-order chi connectivity index (χ1) is 10.5. The van der Waals surface area contributed by atoms with Gasteiger partial charge >= 0.3 is 0 Å². The van der Waals surface area contributed by atoms with Crippen LogP contribution in [-0.2, 0) is 11.2 Å². The Morgan fingerprint density at radius 3 is 2.77 bits per heavy atom. The van der Waals surface area contributed by atoms with Gasteiger partial charge in [0.05, 0.1) is 11.5 Å². The third-order valence-electron chi connectivity index (χ3n) is 3.16. The highest BCUT2D eigenvalue weighted by atomic mass is 79.9. The summed E-state index contributed by atoms with van der Waals surface area (Å²) in [6.45, 7) is 1.43. The van der Waals surface area contributed by atoms with E-state index in [4.69, 9.17) is 0 Å². The highest BCUT2D eigenvalue weighted by Gasteiger charge is 2.03. The number of carbonyl (C=O) groups excluding carboxylic acids is 1. The largest absolute Gasteiger partial charge is 0.512 e. The Balaban J connectivity index is 2.02. The Labute approximate surface area is 138 Å². The molecule has 0 saturated carbocycles. The van der Waals surface area contributed by atoms with Crippen LogP contribution in [0.3, 0.4) is 0 Å². The lowest BCUT2D eigenvalue weighted by Gasteiger charge is -2.05. The number of rotatable bonds is 6. The van der Waals surface area contributed by atoms with E-state index >= 15 is 0 Å². The number of pyridine rings is 1. The number of aryl methyl sites for hydroxylation is 1. The highest BCUT2D eigenvalue weighted by molar-refractivity contribution is 9.10. The van der Waals surface area contributed by atoms with Crippen molar-refractivity contribution in [2.75, 3.05) is 0 Å². The molecule has 114 valence electrons. The van der Waals surface area contributed by atoms with Gasteiger partial charge in [0.1, 0.15) is 0 Å². The van der Waals surface area contributed by atoms with Crippen molar-refractivity contribution in [2.45, 2.75) is 26.2 Å². The van der Waals surface area contributed by atoms with Crippen LogP contribution in [0, 0.1) is 0 Å². The Hall–Kier alpha value is -1.94. The molecule has 4 heteroatoms. The van der Waals surface area contributed by atoms with Crippen LogP contribution in [0.2, 0.25) is 0 Å². The summed E-state index contributed by atoms with van der Waals surface area (Å²) < 4.78 is 1.02. The highest BCUT2D eigenvalue weighted by Crippen LogP contribution is 2.21. The van der Waals surface area contributed by atoms with Gasteiger partial charge in [0, 0.05) is 28.2 Å². The van der Waals surface area contributed by atoms with Crippen LogP contribution in [0.1, 0.15) is 25.5 Å². The lowest BCUT2D eigenvalue weighted by atomic mass is 10.1. The quantitative estimate of drug-likeness (QED) is 0.591. The SMILES string of the molecule is CC(=O)C=C(O)CCCc1cccc(-c2cccc(Br)c2)n1. The third-order valence-corrected chi connectivity index (χ3v) is 3.66. The number of aliphatic hydroxyl groups is 1. The van der Waals surface area contributed by atoms with E-state index in [0.29, 0.717) is 6.42 Å². The number of ketones is 1. The second kappa shape index (κ2) is 7.90.